The molecular formula is C15H15N3. The van der Waals surface area contributed by atoms with Crippen LogP contribution in [0.15, 0.2) is 42.5 Å². The zero-order valence-electron chi connectivity index (χ0n) is 10.5. The molecule has 0 unspecified atom stereocenters. The average Bonchev–Trinajstić information content (AvgIpc) is 2.79. The lowest BCUT2D eigenvalue weighted by molar-refractivity contribution is 1.05. The van der Waals surface area contributed by atoms with Crippen LogP contribution in [-0.2, 0) is 0 Å². The molecule has 3 nitrogen and oxygen atoms in total. The molecule has 1 heterocycles. The highest BCUT2D eigenvalue weighted by Crippen LogP contribution is 2.30. The third kappa shape index (κ3) is 1.64. The van der Waals surface area contributed by atoms with Crippen molar-refractivity contribution in [2.24, 2.45) is 0 Å². The topological polar surface area (TPSA) is 40.7 Å². The maximum atomic E-state index is 4.38. The molecule has 0 atom stereocenters. The molecular weight excluding hydrogens is 222 g/mol. The molecule has 18 heavy (non-hydrogen) atoms. The van der Waals surface area contributed by atoms with E-state index in [2.05, 4.69) is 58.0 Å². The number of aryl methyl sites for hydroxylation is 1. The summed E-state index contributed by atoms with van der Waals surface area (Å²) in [6.45, 7) is 2.02. The fourth-order valence-electron chi connectivity index (χ4n) is 2.28. The van der Waals surface area contributed by atoms with E-state index in [0.29, 0.717) is 0 Å². The second-order valence-corrected chi connectivity index (χ2v) is 4.38. The van der Waals surface area contributed by atoms with Crippen LogP contribution in [0.25, 0.3) is 22.0 Å². The lowest BCUT2D eigenvalue weighted by Crippen LogP contribution is -1.91. The van der Waals surface area contributed by atoms with Crippen LogP contribution in [0.4, 0.5) is 5.69 Å². The highest BCUT2D eigenvalue weighted by atomic mass is 15.1. The number of H-pyrrole nitrogens is 1. The van der Waals surface area contributed by atoms with Gasteiger partial charge in [-0.05, 0) is 23.8 Å². The first-order valence-corrected chi connectivity index (χ1v) is 6.01. The first-order valence-electron chi connectivity index (χ1n) is 6.01. The van der Waals surface area contributed by atoms with Crippen LogP contribution in [0.2, 0.25) is 0 Å². The molecule has 0 fully saturated rings. The van der Waals surface area contributed by atoms with E-state index < -0.39 is 0 Å². The van der Waals surface area contributed by atoms with Gasteiger partial charge in [0, 0.05) is 12.6 Å². The van der Waals surface area contributed by atoms with Gasteiger partial charge in [-0.1, -0.05) is 36.4 Å². The average molecular weight is 237 g/mol. The van der Waals surface area contributed by atoms with E-state index in [1.54, 1.807) is 0 Å². The summed E-state index contributed by atoms with van der Waals surface area (Å²) in [7, 11) is 1.92. The third-order valence-electron chi connectivity index (χ3n) is 3.22. The van der Waals surface area contributed by atoms with Gasteiger partial charge in [0.1, 0.15) is 5.69 Å². The van der Waals surface area contributed by atoms with E-state index in [4.69, 9.17) is 0 Å². The molecule has 0 radical (unpaired) electrons. The fraction of sp³-hybridized carbons (Fsp3) is 0.133. The highest BCUT2D eigenvalue weighted by molar-refractivity contribution is 5.89. The van der Waals surface area contributed by atoms with Crippen molar-refractivity contribution >= 4 is 16.5 Å². The molecule has 2 aromatic carbocycles. The Kier molecular flexibility index (Phi) is 2.52. The number of aromatic nitrogens is 2. The van der Waals surface area contributed by atoms with E-state index in [1.807, 2.05) is 14.0 Å². The Balaban J connectivity index is 2.19. The van der Waals surface area contributed by atoms with Gasteiger partial charge >= 0.3 is 0 Å². The van der Waals surface area contributed by atoms with Crippen LogP contribution in [0.5, 0.6) is 0 Å². The number of fused-ring (bicyclic) bond motifs is 1. The molecule has 3 heteroatoms. The standard InChI is InChI=1S/C15H15N3/c1-10-14(16-2)15(18-17-10)13-8-7-11-5-3-4-6-12(11)9-13/h3-9,16H,1-2H3,(H,17,18). The molecule has 0 saturated carbocycles. The van der Waals surface area contributed by atoms with Crippen LogP contribution in [0.1, 0.15) is 5.69 Å². The largest absolute Gasteiger partial charge is 0.385 e. The first-order chi connectivity index (χ1) is 8.79. The van der Waals surface area contributed by atoms with Gasteiger partial charge in [0.25, 0.3) is 0 Å². The molecule has 0 saturated heterocycles. The molecule has 0 aliphatic heterocycles. The van der Waals surface area contributed by atoms with Gasteiger partial charge in [-0.3, -0.25) is 5.10 Å². The Labute approximate surface area is 106 Å². The quantitative estimate of drug-likeness (QED) is 0.715. The van der Waals surface area contributed by atoms with Crippen molar-refractivity contribution in [3.63, 3.8) is 0 Å². The van der Waals surface area contributed by atoms with Crippen molar-refractivity contribution in [1.29, 1.82) is 0 Å². The first kappa shape index (κ1) is 10.8. The van der Waals surface area contributed by atoms with E-state index in [1.165, 1.54) is 10.8 Å². The molecule has 0 spiro atoms. The van der Waals surface area contributed by atoms with Crippen LogP contribution in [-0.4, -0.2) is 17.2 Å². The van der Waals surface area contributed by atoms with Crippen LogP contribution >= 0.6 is 0 Å². The zero-order chi connectivity index (χ0) is 12.5. The number of benzene rings is 2. The molecule has 3 rings (SSSR count). The molecule has 0 aliphatic rings. The van der Waals surface area contributed by atoms with Crippen molar-refractivity contribution in [3.05, 3.63) is 48.2 Å². The second kappa shape index (κ2) is 4.18. The molecule has 0 amide bonds. The van der Waals surface area contributed by atoms with E-state index in [9.17, 15) is 0 Å². The van der Waals surface area contributed by atoms with Gasteiger partial charge in [-0.15, -0.1) is 0 Å². The minimum absolute atomic E-state index is 0.973. The van der Waals surface area contributed by atoms with Crippen molar-refractivity contribution in [1.82, 2.24) is 10.2 Å². The number of anilines is 1. The van der Waals surface area contributed by atoms with E-state index in [0.717, 1.165) is 22.6 Å². The maximum Gasteiger partial charge on any atom is 0.115 e. The zero-order valence-corrected chi connectivity index (χ0v) is 10.5. The summed E-state index contributed by atoms with van der Waals surface area (Å²) in [6.07, 6.45) is 0. The highest BCUT2D eigenvalue weighted by Gasteiger charge is 2.10. The number of nitrogens with zero attached hydrogens (tertiary/aromatic N) is 1. The Morgan fingerprint density at radius 1 is 1.06 bits per heavy atom. The Hall–Kier alpha value is -2.29. The smallest absolute Gasteiger partial charge is 0.115 e. The van der Waals surface area contributed by atoms with Gasteiger partial charge in [0.2, 0.25) is 0 Å². The number of nitrogens with one attached hydrogen (secondary N) is 2. The van der Waals surface area contributed by atoms with Crippen molar-refractivity contribution in [2.45, 2.75) is 6.92 Å². The monoisotopic (exact) mass is 237 g/mol. The Morgan fingerprint density at radius 3 is 2.61 bits per heavy atom. The SMILES string of the molecule is CNc1c(-c2ccc3ccccc3c2)n[nH]c1C. The lowest BCUT2D eigenvalue weighted by Gasteiger charge is -2.04. The lowest BCUT2D eigenvalue weighted by atomic mass is 10.0. The second-order valence-electron chi connectivity index (χ2n) is 4.38. The maximum absolute atomic E-state index is 4.38. The van der Waals surface area contributed by atoms with Crippen LogP contribution < -0.4 is 5.32 Å². The van der Waals surface area contributed by atoms with Gasteiger partial charge < -0.3 is 5.32 Å². The minimum Gasteiger partial charge on any atom is -0.385 e. The number of aromatic amines is 1. The third-order valence-corrected chi connectivity index (χ3v) is 3.22. The summed E-state index contributed by atoms with van der Waals surface area (Å²) in [4.78, 5) is 0. The molecule has 3 aromatic rings. The van der Waals surface area contributed by atoms with Gasteiger partial charge in [0.05, 0.1) is 11.4 Å². The Morgan fingerprint density at radius 2 is 1.83 bits per heavy atom. The molecule has 2 N–H and O–H groups in total. The number of hydrogen-bond donors (Lipinski definition) is 2. The number of hydrogen-bond acceptors (Lipinski definition) is 2. The van der Waals surface area contributed by atoms with Gasteiger partial charge in [-0.25, -0.2) is 0 Å². The predicted octanol–water partition coefficient (Wildman–Crippen LogP) is 3.58. The molecule has 0 aliphatic carbocycles. The van der Waals surface area contributed by atoms with Gasteiger partial charge in [-0.2, -0.15) is 5.10 Å². The number of rotatable bonds is 2. The van der Waals surface area contributed by atoms with E-state index in [-0.39, 0.29) is 0 Å². The van der Waals surface area contributed by atoms with E-state index >= 15 is 0 Å². The van der Waals surface area contributed by atoms with Crippen LogP contribution in [0.3, 0.4) is 0 Å². The summed E-state index contributed by atoms with van der Waals surface area (Å²) in [5.74, 6) is 0. The summed E-state index contributed by atoms with van der Waals surface area (Å²) < 4.78 is 0. The summed E-state index contributed by atoms with van der Waals surface area (Å²) in [5.41, 5.74) is 4.22. The normalized spacial score (nSPS) is 10.8. The predicted molar refractivity (Wildman–Crippen MR) is 75.8 cm³/mol. The van der Waals surface area contributed by atoms with Crippen molar-refractivity contribution in [3.8, 4) is 11.3 Å². The Bertz CT molecular complexity index is 698. The van der Waals surface area contributed by atoms with Crippen LogP contribution in [0, 0.1) is 6.92 Å². The minimum atomic E-state index is 0.973. The molecule has 90 valence electrons. The fourth-order valence-corrected chi connectivity index (χ4v) is 2.28. The van der Waals surface area contributed by atoms with Gasteiger partial charge in [0.15, 0.2) is 0 Å². The summed E-state index contributed by atoms with van der Waals surface area (Å²) in [5, 5.41) is 13.1. The molecule has 1 aromatic heterocycles. The summed E-state index contributed by atoms with van der Waals surface area (Å²) in [6, 6.07) is 14.8. The van der Waals surface area contributed by atoms with Crippen molar-refractivity contribution in [2.75, 3.05) is 12.4 Å². The van der Waals surface area contributed by atoms with Crippen molar-refractivity contribution < 1.29 is 0 Å². The molecule has 0 bridgehead atoms. The summed E-state index contributed by atoms with van der Waals surface area (Å²) >= 11 is 0.